The molecule has 0 radical (unpaired) electrons. The maximum Gasteiger partial charge on any atom is 0.355 e. The van der Waals surface area contributed by atoms with E-state index in [1.54, 1.807) is 24.3 Å². The summed E-state index contributed by atoms with van der Waals surface area (Å²) < 4.78 is 6.45. The van der Waals surface area contributed by atoms with E-state index in [-0.39, 0.29) is 23.3 Å². The third-order valence-corrected chi connectivity index (χ3v) is 5.00. The van der Waals surface area contributed by atoms with Crippen molar-refractivity contribution >= 4 is 33.2 Å². The summed E-state index contributed by atoms with van der Waals surface area (Å²) in [5, 5.41) is 5.45. The summed E-state index contributed by atoms with van der Waals surface area (Å²) in [4.78, 5) is 44.2. The number of pyridine rings is 1. The van der Waals surface area contributed by atoms with E-state index < -0.39 is 5.97 Å². The smallest absolute Gasteiger partial charge is 0.355 e. The number of esters is 1. The number of aryl methyl sites for hydroxylation is 1. The van der Waals surface area contributed by atoms with Crippen molar-refractivity contribution in [3.63, 3.8) is 0 Å². The van der Waals surface area contributed by atoms with Gasteiger partial charge in [-0.25, -0.2) is 9.78 Å². The number of aromatic amines is 1. The molecule has 8 nitrogen and oxygen atoms in total. The van der Waals surface area contributed by atoms with Crippen molar-refractivity contribution in [3.8, 4) is 0 Å². The lowest BCUT2D eigenvalue weighted by molar-refractivity contribution is 0.0461. The molecule has 136 valence electrons. The summed E-state index contributed by atoms with van der Waals surface area (Å²) in [6.45, 7) is 1.76. The topological polar surface area (TPSA) is 106 Å². The minimum absolute atomic E-state index is 0.0440. The number of ether oxygens (including phenoxy) is 1. The number of benzene rings is 1. The largest absolute Gasteiger partial charge is 0.455 e. The Morgan fingerprint density at radius 2 is 2.07 bits per heavy atom. The SMILES string of the molecule is CCc1nn2c(=O)cc(COC(=O)c3cc(=O)c4ccccc4[nH]3)nc2s1. The lowest BCUT2D eigenvalue weighted by atomic mass is 10.2. The van der Waals surface area contributed by atoms with Gasteiger partial charge in [-0.05, 0) is 18.6 Å². The van der Waals surface area contributed by atoms with Gasteiger partial charge in [-0.1, -0.05) is 30.4 Å². The van der Waals surface area contributed by atoms with Crippen LogP contribution in [0.25, 0.3) is 15.9 Å². The molecule has 3 aromatic heterocycles. The highest BCUT2D eigenvalue weighted by Gasteiger charge is 2.13. The first-order chi connectivity index (χ1) is 13.0. The molecule has 1 aromatic carbocycles. The van der Waals surface area contributed by atoms with Crippen molar-refractivity contribution in [2.75, 3.05) is 0 Å². The number of carbonyl (C=O) groups is 1. The molecule has 1 N–H and O–H groups in total. The van der Waals surface area contributed by atoms with Gasteiger partial charge in [0, 0.05) is 23.0 Å². The number of carbonyl (C=O) groups excluding carboxylic acids is 1. The minimum Gasteiger partial charge on any atom is -0.455 e. The van der Waals surface area contributed by atoms with Crippen LogP contribution >= 0.6 is 11.3 Å². The van der Waals surface area contributed by atoms with E-state index in [1.165, 1.54) is 28.0 Å². The Bertz CT molecular complexity index is 1290. The van der Waals surface area contributed by atoms with Gasteiger partial charge in [0.05, 0.1) is 5.69 Å². The van der Waals surface area contributed by atoms with Crippen molar-refractivity contribution in [2.45, 2.75) is 20.0 Å². The van der Waals surface area contributed by atoms with Crippen LogP contribution in [0.1, 0.15) is 28.1 Å². The van der Waals surface area contributed by atoms with Crippen molar-refractivity contribution in [3.05, 3.63) is 73.4 Å². The van der Waals surface area contributed by atoms with Crippen LogP contribution in [-0.4, -0.2) is 25.6 Å². The molecule has 0 aliphatic heterocycles. The van der Waals surface area contributed by atoms with Crippen LogP contribution in [0.2, 0.25) is 0 Å². The van der Waals surface area contributed by atoms with Crippen molar-refractivity contribution in [2.24, 2.45) is 0 Å². The molecule has 0 aliphatic rings. The Hall–Kier alpha value is -3.33. The molecule has 0 saturated carbocycles. The first-order valence-electron chi connectivity index (χ1n) is 8.23. The number of hydrogen-bond donors (Lipinski definition) is 1. The van der Waals surface area contributed by atoms with Crippen LogP contribution in [0.3, 0.4) is 0 Å². The van der Waals surface area contributed by atoms with E-state index >= 15 is 0 Å². The van der Waals surface area contributed by atoms with Crippen LogP contribution in [0, 0.1) is 0 Å². The summed E-state index contributed by atoms with van der Waals surface area (Å²) in [5.74, 6) is -0.696. The predicted octanol–water partition coefficient (Wildman–Crippen LogP) is 1.91. The highest BCUT2D eigenvalue weighted by atomic mass is 32.1. The molecule has 0 saturated heterocycles. The summed E-state index contributed by atoms with van der Waals surface area (Å²) in [6, 6.07) is 9.38. The van der Waals surface area contributed by atoms with Crippen LogP contribution in [0.5, 0.6) is 0 Å². The van der Waals surface area contributed by atoms with Gasteiger partial charge in [0.1, 0.15) is 17.3 Å². The third-order valence-electron chi connectivity index (χ3n) is 3.95. The van der Waals surface area contributed by atoms with E-state index in [2.05, 4.69) is 15.1 Å². The number of aromatic nitrogens is 4. The van der Waals surface area contributed by atoms with E-state index in [4.69, 9.17) is 4.74 Å². The van der Waals surface area contributed by atoms with E-state index in [0.29, 0.717) is 28.0 Å². The van der Waals surface area contributed by atoms with Gasteiger partial charge < -0.3 is 9.72 Å². The molecule has 9 heteroatoms. The Balaban J connectivity index is 1.58. The number of fused-ring (bicyclic) bond motifs is 2. The first kappa shape index (κ1) is 17.1. The van der Waals surface area contributed by atoms with E-state index in [1.807, 2.05) is 6.92 Å². The maximum atomic E-state index is 12.3. The fourth-order valence-corrected chi connectivity index (χ4v) is 3.49. The molecule has 0 unspecified atom stereocenters. The second-order valence-corrected chi connectivity index (χ2v) is 6.84. The molecular weight excluding hydrogens is 368 g/mol. The Labute approximate surface area is 156 Å². The van der Waals surface area contributed by atoms with Gasteiger partial charge in [0.15, 0.2) is 5.43 Å². The molecule has 0 spiro atoms. The molecule has 0 bridgehead atoms. The average Bonchev–Trinajstić information content (AvgIpc) is 3.10. The summed E-state index contributed by atoms with van der Waals surface area (Å²) in [6.07, 6.45) is 0.702. The van der Waals surface area contributed by atoms with Gasteiger partial charge in [-0.2, -0.15) is 9.61 Å². The highest BCUT2D eigenvalue weighted by molar-refractivity contribution is 7.16. The Morgan fingerprint density at radius 1 is 1.26 bits per heavy atom. The predicted molar refractivity (Wildman–Crippen MR) is 100 cm³/mol. The zero-order valence-corrected chi connectivity index (χ0v) is 15.1. The Morgan fingerprint density at radius 3 is 2.89 bits per heavy atom. The molecule has 0 fully saturated rings. The monoisotopic (exact) mass is 382 g/mol. The fourth-order valence-electron chi connectivity index (χ4n) is 2.64. The van der Waals surface area contributed by atoms with Crippen molar-refractivity contribution < 1.29 is 9.53 Å². The number of hydrogen-bond acceptors (Lipinski definition) is 7. The van der Waals surface area contributed by atoms with Crippen LogP contribution in [0.15, 0.2) is 46.0 Å². The van der Waals surface area contributed by atoms with Crippen LogP contribution in [-0.2, 0) is 17.8 Å². The summed E-state index contributed by atoms with van der Waals surface area (Å²) in [7, 11) is 0. The van der Waals surface area contributed by atoms with Gasteiger partial charge >= 0.3 is 5.97 Å². The highest BCUT2D eigenvalue weighted by Crippen LogP contribution is 2.13. The van der Waals surface area contributed by atoms with Crippen molar-refractivity contribution in [1.29, 1.82) is 0 Å². The van der Waals surface area contributed by atoms with Gasteiger partial charge in [0.2, 0.25) is 4.96 Å². The standard InChI is InChI=1S/C18H14N4O4S/c1-2-15-21-22-16(24)7-10(19-18(22)27-15)9-26-17(25)13-8-14(23)11-5-3-4-6-12(11)20-13/h3-8H,2,9H2,1H3,(H,20,23). The fraction of sp³-hybridized carbons (Fsp3) is 0.167. The normalized spacial score (nSPS) is 11.1. The molecule has 0 amide bonds. The quantitative estimate of drug-likeness (QED) is 0.541. The van der Waals surface area contributed by atoms with Gasteiger partial charge in [-0.15, -0.1) is 0 Å². The summed E-state index contributed by atoms with van der Waals surface area (Å²) in [5.41, 5.74) is 0.309. The van der Waals surface area contributed by atoms with E-state index in [9.17, 15) is 14.4 Å². The van der Waals surface area contributed by atoms with Gasteiger partial charge in [-0.3, -0.25) is 9.59 Å². The number of rotatable bonds is 4. The molecular formula is C18H14N4O4S. The molecule has 0 aliphatic carbocycles. The number of para-hydroxylation sites is 1. The molecule has 3 heterocycles. The zero-order valence-electron chi connectivity index (χ0n) is 14.3. The lowest BCUT2D eigenvalue weighted by Gasteiger charge is -2.05. The number of nitrogens with zero attached hydrogens (tertiary/aromatic N) is 3. The minimum atomic E-state index is -0.696. The van der Waals surface area contributed by atoms with Crippen LogP contribution < -0.4 is 11.0 Å². The Kier molecular flexibility index (Phi) is 4.28. The molecule has 4 rings (SSSR count). The van der Waals surface area contributed by atoms with Crippen molar-refractivity contribution in [1.82, 2.24) is 19.6 Å². The third kappa shape index (κ3) is 3.24. The number of H-pyrrole nitrogens is 1. The van der Waals surface area contributed by atoms with Gasteiger partial charge in [0.25, 0.3) is 5.56 Å². The average molecular weight is 382 g/mol. The molecule has 27 heavy (non-hydrogen) atoms. The zero-order chi connectivity index (χ0) is 19.0. The molecule has 0 atom stereocenters. The maximum absolute atomic E-state index is 12.3. The number of nitrogens with one attached hydrogen (secondary N) is 1. The first-order valence-corrected chi connectivity index (χ1v) is 9.04. The second-order valence-electron chi connectivity index (χ2n) is 5.80. The van der Waals surface area contributed by atoms with E-state index in [0.717, 1.165) is 5.01 Å². The molecule has 4 aromatic rings. The second kappa shape index (κ2) is 6.76. The lowest BCUT2D eigenvalue weighted by Crippen LogP contribution is -2.17. The van der Waals surface area contributed by atoms with Crippen LogP contribution in [0.4, 0.5) is 0 Å². The summed E-state index contributed by atoms with van der Waals surface area (Å²) >= 11 is 1.31.